The molecule has 0 saturated carbocycles. The zero-order valence-electron chi connectivity index (χ0n) is 11.0. The normalized spacial score (nSPS) is 9.68. The lowest BCUT2D eigenvalue weighted by Crippen LogP contribution is -2.32. The van der Waals surface area contributed by atoms with Gasteiger partial charge in [0.1, 0.15) is 5.75 Å². The molecule has 1 amide bonds. The van der Waals surface area contributed by atoms with Crippen LogP contribution in [-0.4, -0.2) is 30.5 Å². The van der Waals surface area contributed by atoms with Crippen molar-refractivity contribution in [3.8, 4) is 5.75 Å². The van der Waals surface area contributed by atoms with E-state index in [9.17, 15) is 4.79 Å². The van der Waals surface area contributed by atoms with Crippen LogP contribution in [0.3, 0.4) is 0 Å². The van der Waals surface area contributed by atoms with Gasteiger partial charge in [-0.3, -0.25) is 4.79 Å². The third-order valence-electron chi connectivity index (χ3n) is 2.54. The van der Waals surface area contributed by atoms with Crippen molar-refractivity contribution in [1.82, 2.24) is 4.90 Å². The topological polar surface area (TPSA) is 55.6 Å². The van der Waals surface area contributed by atoms with Gasteiger partial charge >= 0.3 is 0 Å². The molecule has 1 rings (SSSR count). The number of amides is 1. The summed E-state index contributed by atoms with van der Waals surface area (Å²) in [7, 11) is 0. The first-order chi connectivity index (χ1) is 9.19. The molecule has 0 saturated heterocycles. The molecule has 19 heavy (non-hydrogen) atoms. The number of anilines is 1. The minimum atomic E-state index is 0.00861. The number of hydrogen-bond acceptors (Lipinski definition) is 3. The Balaban J connectivity index is 2.43. The number of nitrogens with two attached hydrogens (primary N) is 1. The SMILES string of the molecule is C=CCN(CC=C)C(=O)CCOc1ccccc1N. The van der Waals surface area contributed by atoms with Gasteiger partial charge in [0.15, 0.2) is 0 Å². The van der Waals surface area contributed by atoms with Crippen LogP contribution in [0.15, 0.2) is 49.6 Å². The predicted molar refractivity (Wildman–Crippen MR) is 77.9 cm³/mol. The highest BCUT2D eigenvalue weighted by atomic mass is 16.5. The first kappa shape index (κ1) is 14.8. The lowest BCUT2D eigenvalue weighted by Gasteiger charge is -2.19. The molecule has 0 unspecified atom stereocenters. The van der Waals surface area contributed by atoms with Crippen molar-refractivity contribution in [2.75, 3.05) is 25.4 Å². The molecule has 1 aromatic carbocycles. The maximum atomic E-state index is 11.9. The number of benzene rings is 1. The van der Waals surface area contributed by atoms with Gasteiger partial charge in [-0.1, -0.05) is 24.3 Å². The van der Waals surface area contributed by atoms with Crippen LogP contribution in [0.2, 0.25) is 0 Å². The fraction of sp³-hybridized carbons (Fsp3) is 0.267. The van der Waals surface area contributed by atoms with Crippen molar-refractivity contribution < 1.29 is 9.53 Å². The van der Waals surface area contributed by atoms with E-state index < -0.39 is 0 Å². The summed E-state index contributed by atoms with van der Waals surface area (Å²) >= 11 is 0. The highest BCUT2D eigenvalue weighted by Gasteiger charge is 2.10. The van der Waals surface area contributed by atoms with Crippen molar-refractivity contribution in [1.29, 1.82) is 0 Å². The van der Waals surface area contributed by atoms with Crippen LogP contribution in [0.4, 0.5) is 5.69 Å². The molecule has 0 aliphatic heterocycles. The summed E-state index contributed by atoms with van der Waals surface area (Å²) in [5.74, 6) is 0.614. The number of hydrogen-bond donors (Lipinski definition) is 1. The number of nitrogens with zero attached hydrogens (tertiary/aromatic N) is 1. The van der Waals surface area contributed by atoms with Crippen LogP contribution in [0.5, 0.6) is 5.75 Å². The molecule has 0 radical (unpaired) electrons. The minimum Gasteiger partial charge on any atom is -0.491 e. The monoisotopic (exact) mass is 260 g/mol. The molecule has 2 N–H and O–H groups in total. The van der Waals surface area contributed by atoms with E-state index in [0.717, 1.165) is 0 Å². The summed E-state index contributed by atoms with van der Waals surface area (Å²) in [5, 5.41) is 0. The Bertz CT molecular complexity index is 434. The van der Waals surface area contributed by atoms with Crippen LogP contribution in [0, 0.1) is 0 Å². The fourth-order valence-electron chi connectivity index (χ4n) is 1.61. The predicted octanol–water partition coefficient (Wildman–Crippen LogP) is 2.24. The molecule has 4 heteroatoms. The standard InChI is InChI=1S/C15H20N2O2/c1-3-10-17(11-4-2)15(18)9-12-19-14-8-6-5-7-13(14)16/h3-8H,1-2,9-12,16H2. The first-order valence-electron chi connectivity index (χ1n) is 6.16. The number of carbonyl (C=O) groups is 1. The van der Waals surface area contributed by atoms with E-state index in [0.29, 0.717) is 37.6 Å². The third-order valence-corrected chi connectivity index (χ3v) is 2.54. The molecule has 102 valence electrons. The Hall–Kier alpha value is -2.23. The van der Waals surface area contributed by atoms with Gasteiger partial charge in [-0.2, -0.15) is 0 Å². The zero-order valence-corrected chi connectivity index (χ0v) is 11.0. The van der Waals surface area contributed by atoms with Gasteiger partial charge in [0.05, 0.1) is 18.7 Å². The Kier molecular flexibility index (Phi) is 6.22. The summed E-state index contributed by atoms with van der Waals surface area (Å²) < 4.78 is 5.49. The van der Waals surface area contributed by atoms with E-state index in [1.165, 1.54) is 0 Å². The summed E-state index contributed by atoms with van der Waals surface area (Å²) in [6, 6.07) is 7.22. The van der Waals surface area contributed by atoms with Crippen LogP contribution in [0.25, 0.3) is 0 Å². The summed E-state index contributed by atoms with van der Waals surface area (Å²) in [5.41, 5.74) is 6.32. The molecule has 0 aromatic heterocycles. The second-order valence-electron chi connectivity index (χ2n) is 4.01. The molecular weight excluding hydrogens is 240 g/mol. The average molecular weight is 260 g/mol. The van der Waals surface area contributed by atoms with Crippen LogP contribution < -0.4 is 10.5 Å². The van der Waals surface area contributed by atoms with E-state index in [1.807, 2.05) is 12.1 Å². The van der Waals surface area contributed by atoms with E-state index in [4.69, 9.17) is 10.5 Å². The number of rotatable bonds is 8. The molecule has 1 aromatic rings. The average Bonchev–Trinajstić information content (AvgIpc) is 2.40. The first-order valence-corrected chi connectivity index (χ1v) is 6.16. The molecule has 0 aliphatic carbocycles. The van der Waals surface area contributed by atoms with Crippen molar-refractivity contribution >= 4 is 11.6 Å². The van der Waals surface area contributed by atoms with E-state index in [2.05, 4.69) is 13.2 Å². The van der Waals surface area contributed by atoms with E-state index in [1.54, 1.807) is 29.2 Å². The molecule has 0 aliphatic rings. The van der Waals surface area contributed by atoms with Gasteiger partial charge in [0.2, 0.25) is 5.91 Å². The van der Waals surface area contributed by atoms with Gasteiger partial charge in [-0.15, -0.1) is 13.2 Å². The summed E-state index contributed by atoms with van der Waals surface area (Å²) in [6.45, 7) is 8.59. The second-order valence-corrected chi connectivity index (χ2v) is 4.01. The van der Waals surface area contributed by atoms with Gasteiger partial charge in [-0.05, 0) is 12.1 Å². The second kappa shape index (κ2) is 7.97. The maximum absolute atomic E-state index is 11.9. The Labute approximate surface area is 114 Å². The highest BCUT2D eigenvalue weighted by molar-refractivity contribution is 5.76. The number of nitrogen functional groups attached to an aromatic ring is 1. The van der Waals surface area contributed by atoms with E-state index in [-0.39, 0.29) is 5.91 Å². The van der Waals surface area contributed by atoms with Crippen LogP contribution in [-0.2, 0) is 4.79 Å². The number of para-hydroxylation sites is 2. The van der Waals surface area contributed by atoms with Crippen LogP contribution >= 0.6 is 0 Å². The van der Waals surface area contributed by atoms with Gasteiger partial charge in [0.25, 0.3) is 0 Å². The lowest BCUT2D eigenvalue weighted by atomic mass is 10.3. The van der Waals surface area contributed by atoms with Crippen molar-refractivity contribution in [3.05, 3.63) is 49.6 Å². The van der Waals surface area contributed by atoms with Crippen molar-refractivity contribution in [2.24, 2.45) is 0 Å². The Morgan fingerprint density at radius 1 is 1.26 bits per heavy atom. The quantitative estimate of drug-likeness (QED) is 0.576. The van der Waals surface area contributed by atoms with Gasteiger partial charge in [0, 0.05) is 13.1 Å². The molecule has 0 bridgehead atoms. The maximum Gasteiger partial charge on any atom is 0.226 e. The van der Waals surface area contributed by atoms with Crippen LogP contribution in [0.1, 0.15) is 6.42 Å². The highest BCUT2D eigenvalue weighted by Crippen LogP contribution is 2.19. The Morgan fingerprint density at radius 3 is 2.47 bits per heavy atom. The minimum absolute atomic E-state index is 0.00861. The molecular formula is C15H20N2O2. The summed E-state index contributed by atoms with van der Waals surface area (Å²) in [6.07, 6.45) is 3.69. The number of carbonyl (C=O) groups excluding carboxylic acids is 1. The fourth-order valence-corrected chi connectivity index (χ4v) is 1.61. The summed E-state index contributed by atoms with van der Waals surface area (Å²) in [4.78, 5) is 13.6. The van der Waals surface area contributed by atoms with Gasteiger partial charge in [-0.25, -0.2) is 0 Å². The van der Waals surface area contributed by atoms with Crippen molar-refractivity contribution in [2.45, 2.75) is 6.42 Å². The molecule has 0 spiro atoms. The smallest absolute Gasteiger partial charge is 0.226 e. The number of ether oxygens (including phenoxy) is 1. The van der Waals surface area contributed by atoms with Gasteiger partial charge < -0.3 is 15.4 Å². The van der Waals surface area contributed by atoms with E-state index >= 15 is 0 Å². The lowest BCUT2D eigenvalue weighted by molar-refractivity contribution is -0.130. The van der Waals surface area contributed by atoms with Crippen molar-refractivity contribution in [3.63, 3.8) is 0 Å². The zero-order chi connectivity index (χ0) is 14.1. The largest absolute Gasteiger partial charge is 0.491 e. The molecule has 0 atom stereocenters. The molecule has 0 heterocycles. The molecule has 0 fully saturated rings. The Morgan fingerprint density at radius 2 is 1.89 bits per heavy atom. The third kappa shape index (κ3) is 4.87. The molecule has 4 nitrogen and oxygen atoms in total.